The molecule has 1 amide bonds. The second-order valence-electron chi connectivity index (χ2n) is 7.85. The Bertz CT molecular complexity index is 981. The number of benzene rings is 2. The fraction of sp³-hybridized carbons (Fsp3) is 0.333. The lowest BCUT2D eigenvalue weighted by Crippen LogP contribution is -2.31. The van der Waals surface area contributed by atoms with Crippen LogP contribution in [-0.2, 0) is 6.54 Å². The highest BCUT2D eigenvalue weighted by atomic mass is 16.5. The average Bonchev–Trinajstić information content (AvgIpc) is 3.14. The summed E-state index contributed by atoms with van der Waals surface area (Å²) in [4.78, 5) is 12.9. The van der Waals surface area contributed by atoms with Crippen molar-refractivity contribution in [1.82, 2.24) is 15.1 Å². The SMILES string of the molecule is CC(C)[C@@H](NC(=O)c1ccc(Cn2cccn2)cc1)c1ccc2c(c1)OCCCO2. The topological polar surface area (TPSA) is 65.4 Å². The summed E-state index contributed by atoms with van der Waals surface area (Å²) < 4.78 is 13.4. The van der Waals surface area contributed by atoms with Gasteiger partial charge in [0, 0.05) is 24.4 Å². The van der Waals surface area contributed by atoms with Gasteiger partial charge >= 0.3 is 0 Å². The molecule has 2 aromatic carbocycles. The summed E-state index contributed by atoms with van der Waals surface area (Å²) in [6.45, 7) is 6.18. The third kappa shape index (κ3) is 4.64. The van der Waals surface area contributed by atoms with Gasteiger partial charge in [-0.2, -0.15) is 5.10 Å². The number of aromatic nitrogens is 2. The third-order valence-corrected chi connectivity index (χ3v) is 5.20. The van der Waals surface area contributed by atoms with Crippen molar-refractivity contribution in [3.63, 3.8) is 0 Å². The van der Waals surface area contributed by atoms with Crippen LogP contribution in [0.2, 0.25) is 0 Å². The number of carbonyl (C=O) groups excluding carboxylic acids is 1. The Labute approximate surface area is 176 Å². The van der Waals surface area contributed by atoms with E-state index >= 15 is 0 Å². The first-order chi connectivity index (χ1) is 14.6. The zero-order chi connectivity index (χ0) is 20.9. The first kappa shape index (κ1) is 20.0. The monoisotopic (exact) mass is 405 g/mol. The molecule has 2 heterocycles. The molecule has 0 saturated carbocycles. The third-order valence-electron chi connectivity index (χ3n) is 5.20. The molecular formula is C24H27N3O3. The standard InChI is InChI=1S/C24H27N3O3/c1-17(2)23(20-9-10-21-22(15-20)30-14-4-13-29-21)26-24(28)19-7-5-18(6-8-19)16-27-12-3-11-25-27/h3,5-12,15,17,23H,4,13-14,16H2,1-2H3,(H,26,28)/t23-/m1/s1. The van der Waals surface area contributed by atoms with Crippen LogP contribution < -0.4 is 14.8 Å². The summed E-state index contributed by atoms with van der Waals surface area (Å²) in [5.41, 5.74) is 2.75. The minimum Gasteiger partial charge on any atom is -0.490 e. The number of nitrogens with zero attached hydrogens (tertiary/aromatic N) is 2. The number of ether oxygens (including phenoxy) is 2. The highest BCUT2D eigenvalue weighted by Crippen LogP contribution is 2.34. The largest absolute Gasteiger partial charge is 0.490 e. The number of hydrogen-bond donors (Lipinski definition) is 1. The van der Waals surface area contributed by atoms with E-state index in [1.807, 2.05) is 59.4 Å². The van der Waals surface area contributed by atoms with Crippen molar-refractivity contribution < 1.29 is 14.3 Å². The van der Waals surface area contributed by atoms with Crippen LogP contribution >= 0.6 is 0 Å². The first-order valence-corrected chi connectivity index (χ1v) is 10.4. The Kier molecular flexibility index (Phi) is 6.02. The average molecular weight is 405 g/mol. The Hall–Kier alpha value is -3.28. The van der Waals surface area contributed by atoms with Gasteiger partial charge in [-0.15, -0.1) is 0 Å². The first-order valence-electron chi connectivity index (χ1n) is 10.4. The van der Waals surface area contributed by atoms with Crippen molar-refractivity contribution in [3.05, 3.63) is 77.6 Å². The lowest BCUT2D eigenvalue weighted by atomic mass is 9.95. The summed E-state index contributed by atoms with van der Waals surface area (Å²) in [7, 11) is 0. The molecular weight excluding hydrogens is 378 g/mol. The maximum absolute atomic E-state index is 12.9. The second kappa shape index (κ2) is 9.03. The normalized spacial score (nSPS) is 14.2. The summed E-state index contributed by atoms with van der Waals surface area (Å²) in [5, 5.41) is 7.40. The van der Waals surface area contributed by atoms with Gasteiger partial charge in [0.2, 0.25) is 0 Å². The van der Waals surface area contributed by atoms with Crippen molar-refractivity contribution in [3.8, 4) is 11.5 Å². The molecule has 6 heteroatoms. The Morgan fingerprint density at radius 2 is 1.87 bits per heavy atom. The van der Waals surface area contributed by atoms with E-state index in [2.05, 4.69) is 24.3 Å². The van der Waals surface area contributed by atoms with Crippen LogP contribution in [0.3, 0.4) is 0 Å². The summed E-state index contributed by atoms with van der Waals surface area (Å²) >= 11 is 0. The van der Waals surface area contributed by atoms with Gasteiger partial charge in [0.1, 0.15) is 0 Å². The zero-order valence-corrected chi connectivity index (χ0v) is 17.4. The van der Waals surface area contributed by atoms with E-state index in [0.29, 0.717) is 25.3 Å². The minimum atomic E-state index is -0.126. The van der Waals surface area contributed by atoms with Crippen LogP contribution in [-0.4, -0.2) is 28.9 Å². The van der Waals surface area contributed by atoms with E-state index in [1.165, 1.54) is 0 Å². The Balaban J connectivity index is 1.48. The van der Waals surface area contributed by atoms with E-state index in [9.17, 15) is 4.79 Å². The van der Waals surface area contributed by atoms with E-state index in [-0.39, 0.29) is 17.9 Å². The van der Waals surface area contributed by atoms with Crippen molar-refractivity contribution in [2.75, 3.05) is 13.2 Å². The molecule has 0 fully saturated rings. The van der Waals surface area contributed by atoms with Gasteiger partial charge < -0.3 is 14.8 Å². The molecule has 4 rings (SSSR count). The van der Waals surface area contributed by atoms with E-state index < -0.39 is 0 Å². The molecule has 30 heavy (non-hydrogen) atoms. The molecule has 0 aliphatic carbocycles. The second-order valence-corrected chi connectivity index (χ2v) is 7.85. The van der Waals surface area contributed by atoms with E-state index in [4.69, 9.17) is 9.47 Å². The number of hydrogen-bond acceptors (Lipinski definition) is 4. The van der Waals surface area contributed by atoms with Gasteiger partial charge in [-0.05, 0) is 47.4 Å². The molecule has 1 aliphatic rings. The quantitative estimate of drug-likeness (QED) is 0.667. The zero-order valence-electron chi connectivity index (χ0n) is 17.4. The smallest absolute Gasteiger partial charge is 0.251 e. The Morgan fingerprint density at radius 3 is 2.57 bits per heavy atom. The predicted molar refractivity (Wildman–Crippen MR) is 115 cm³/mol. The number of amides is 1. The highest BCUT2D eigenvalue weighted by molar-refractivity contribution is 5.94. The van der Waals surface area contributed by atoms with Gasteiger partial charge in [0.05, 0.1) is 25.8 Å². The molecule has 1 aromatic heterocycles. The van der Waals surface area contributed by atoms with E-state index in [1.54, 1.807) is 6.20 Å². The van der Waals surface area contributed by atoms with Gasteiger partial charge in [0.25, 0.3) is 5.91 Å². The Morgan fingerprint density at radius 1 is 1.10 bits per heavy atom. The molecule has 1 N–H and O–H groups in total. The fourth-order valence-electron chi connectivity index (χ4n) is 3.58. The van der Waals surface area contributed by atoms with Gasteiger partial charge in [-0.25, -0.2) is 0 Å². The number of nitrogens with one attached hydrogen (secondary N) is 1. The molecule has 156 valence electrons. The molecule has 0 radical (unpaired) electrons. The number of rotatable bonds is 6. The number of carbonyl (C=O) groups is 1. The summed E-state index contributed by atoms with van der Waals surface area (Å²) in [6.07, 6.45) is 4.54. The summed E-state index contributed by atoms with van der Waals surface area (Å²) in [6, 6.07) is 15.3. The van der Waals surface area contributed by atoms with Crippen LogP contribution in [0.5, 0.6) is 11.5 Å². The predicted octanol–water partition coefficient (Wildman–Crippen LogP) is 4.22. The van der Waals surface area contributed by atoms with Crippen LogP contribution in [0, 0.1) is 5.92 Å². The lowest BCUT2D eigenvalue weighted by Gasteiger charge is -2.24. The summed E-state index contributed by atoms with van der Waals surface area (Å²) in [5.74, 6) is 1.63. The van der Waals surface area contributed by atoms with Crippen molar-refractivity contribution in [2.45, 2.75) is 32.9 Å². The van der Waals surface area contributed by atoms with Crippen LogP contribution in [0.4, 0.5) is 0 Å². The van der Waals surface area contributed by atoms with Crippen molar-refractivity contribution in [2.24, 2.45) is 5.92 Å². The highest BCUT2D eigenvalue weighted by Gasteiger charge is 2.21. The molecule has 0 unspecified atom stereocenters. The van der Waals surface area contributed by atoms with Gasteiger partial charge in [0.15, 0.2) is 11.5 Å². The van der Waals surface area contributed by atoms with Crippen molar-refractivity contribution >= 4 is 5.91 Å². The molecule has 6 nitrogen and oxygen atoms in total. The van der Waals surface area contributed by atoms with Crippen molar-refractivity contribution in [1.29, 1.82) is 0 Å². The minimum absolute atomic E-state index is 0.0912. The molecule has 3 aromatic rings. The van der Waals surface area contributed by atoms with E-state index in [0.717, 1.165) is 29.0 Å². The van der Waals surface area contributed by atoms with Crippen LogP contribution in [0.1, 0.15) is 47.8 Å². The molecule has 0 bridgehead atoms. The van der Waals surface area contributed by atoms with Crippen LogP contribution in [0.25, 0.3) is 0 Å². The maximum Gasteiger partial charge on any atom is 0.251 e. The van der Waals surface area contributed by atoms with Gasteiger partial charge in [-0.3, -0.25) is 9.48 Å². The van der Waals surface area contributed by atoms with Gasteiger partial charge in [-0.1, -0.05) is 32.0 Å². The molecule has 0 saturated heterocycles. The van der Waals surface area contributed by atoms with Crippen LogP contribution in [0.15, 0.2) is 60.9 Å². The molecule has 0 spiro atoms. The number of fused-ring (bicyclic) bond motifs is 1. The fourth-order valence-corrected chi connectivity index (χ4v) is 3.58. The molecule has 1 aliphatic heterocycles. The lowest BCUT2D eigenvalue weighted by molar-refractivity contribution is 0.0925. The maximum atomic E-state index is 12.9. The molecule has 1 atom stereocenters.